The molecule has 3 atom stereocenters. The number of hydrogen-bond donors (Lipinski definition) is 1. The minimum absolute atomic E-state index is 0.153. The number of methoxy groups -OCH3 is 1. The van der Waals surface area contributed by atoms with Crippen LogP contribution in [0.3, 0.4) is 0 Å². The fourth-order valence-electron chi connectivity index (χ4n) is 3.91. The van der Waals surface area contributed by atoms with Gasteiger partial charge in [0.2, 0.25) is 0 Å². The van der Waals surface area contributed by atoms with Gasteiger partial charge in [-0.3, -0.25) is 0 Å². The Hall–Kier alpha value is -1.02. The van der Waals surface area contributed by atoms with Gasteiger partial charge in [0.1, 0.15) is 5.75 Å². The van der Waals surface area contributed by atoms with Crippen molar-refractivity contribution in [2.45, 2.75) is 64.7 Å². The average Bonchev–Trinajstić information content (AvgIpc) is 2.47. The molecule has 1 aromatic carbocycles. The fraction of sp³-hybridized carbons (Fsp3) is 0.700. The van der Waals surface area contributed by atoms with E-state index in [9.17, 15) is 0 Å². The smallest absolute Gasteiger partial charge is 0.122 e. The normalized spacial score (nSPS) is 24.1. The van der Waals surface area contributed by atoms with Crippen molar-refractivity contribution >= 4 is 0 Å². The van der Waals surface area contributed by atoms with E-state index in [1.807, 2.05) is 0 Å². The minimum Gasteiger partial charge on any atom is -0.496 e. The van der Waals surface area contributed by atoms with Crippen molar-refractivity contribution in [2.24, 2.45) is 17.6 Å². The molecule has 1 aromatic rings. The summed E-state index contributed by atoms with van der Waals surface area (Å²) >= 11 is 0. The third-order valence-electron chi connectivity index (χ3n) is 5.30. The van der Waals surface area contributed by atoms with E-state index < -0.39 is 0 Å². The van der Waals surface area contributed by atoms with Crippen LogP contribution in [0.5, 0.6) is 5.75 Å². The molecule has 0 heterocycles. The highest BCUT2D eigenvalue weighted by atomic mass is 16.5. The Morgan fingerprint density at radius 1 is 1.27 bits per heavy atom. The van der Waals surface area contributed by atoms with E-state index in [-0.39, 0.29) is 5.41 Å². The molecule has 0 saturated heterocycles. The molecule has 2 heteroatoms. The van der Waals surface area contributed by atoms with Crippen molar-refractivity contribution in [2.75, 3.05) is 13.7 Å². The molecule has 0 amide bonds. The molecule has 0 radical (unpaired) electrons. The summed E-state index contributed by atoms with van der Waals surface area (Å²) in [6, 6.07) is 6.67. The Bertz CT molecular complexity index is 489. The molecule has 1 aliphatic rings. The van der Waals surface area contributed by atoms with Crippen LogP contribution in [0.25, 0.3) is 0 Å². The zero-order valence-electron chi connectivity index (χ0n) is 15.0. The quantitative estimate of drug-likeness (QED) is 0.862. The van der Waals surface area contributed by atoms with Crippen molar-refractivity contribution in [1.82, 2.24) is 0 Å². The van der Waals surface area contributed by atoms with Gasteiger partial charge in [0, 0.05) is 5.92 Å². The molecular formula is C20H33NO. The van der Waals surface area contributed by atoms with Crippen LogP contribution >= 0.6 is 0 Å². The van der Waals surface area contributed by atoms with E-state index >= 15 is 0 Å². The van der Waals surface area contributed by atoms with Crippen LogP contribution in [0.4, 0.5) is 0 Å². The molecule has 0 spiro atoms. The van der Waals surface area contributed by atoms with E-state index in [4.69, 9.17) is 10.5 Å². The topological polar surface area (TPSA) is 35.2 Å². The van der Waals surface area contributed by atoms with Gasteiger partial charge in [-0.2, -0.15) is 0 Å². The maximum Gasteiger partial charge on any atom is 0.122 e. The number of hydrogen-bond acceptors (Lipinski definition) is 2. The second-order valence-electron chi connectivity index (χ2n) is 8.08. The summed E-state index contributed by atoms with van der Waals surface area (Å²) in [7, 11) is 1.77. The summed E-state index contributed by atoms with van der Waals surface area (Å²) in [5, 5.41) is 0. The molecule has 0 bridgehead atoms. The second kappa shape index (κ2) is 7.04. The standard InChI is InChI=1S/C20H33NO/c1-14-7-6-8-15(11-14)18(13-21)17-12-16(20(2,3)4)9-10-19(17)22-5/h9-10,12,14-15,18H,6-8,11,13,21H2,1-5H3. The Morgan fingerprint density at radius 2 is 2.00 bits per heavy atom. The van der Waals surface area contributed by atoms with E-state index in [1.165, 1.54) is 36.8 Å². The van der Waals surface area contributed by atoms with Gasteiger partial charge < -0.3 is 10.5 Å². The fourth-order valence-corrected chi connectivity index (χ4v) is 3.91. The van der Waals surface area contributed by atoms with E-state index in [2.05, 4.69) is 45.9 Å². The highest BCUT2D eigenvalue weighted by Crippen LogP contribution is 2.42. The summed E-state index contributed by atoms with van der Waals surface area (Å²) in [5.74, 6) is 2.93. The van der Waals surface area contributed by atoms with Crippen molar-refractivity contribution < 1.29 is 4.74 Å². The molecule has 0 aromatic heterocycles. The molecule has 1 saturated carbocycles. The first-order valence-electron chi connectivity index (χ1n) is 8.75. The van der Waals surface area contributed by atoms with E-state index in [1.54, 1.807) is 7.11 Å². The Kier molecular flexibility index (Phi) is 5.55. The largest absolute Gasteiger partial charge is 0.496 e. The monoisotopic (exact) mass is 303 g/mol. The first-order chi connectivity index (χ1) is 10.4. The van der Waals surface area contributed by atoms with Gasteiger partial charge >= 0.3 is 0 Å². The van der Waals surface area contributed by atoms with Crippen molar-refractivity contribution in [3.63, 3.8) is 0 Å². The lowest BCUT2D eigenvalue weighted by molar-refractivity contribution is 0.244. The Labute approximate surface area is 136 Å². The number of ether oxygens (including phenoxy) is 1. The van der Waals surface area contributed by atoms with E-state index in [0.717, 1.165) is 11.7 Å². The predicted molar refractivity (Wildman–Crippen MR) is 94.6 cm³/mol. The highest BCUT2D eigenvalue weighted by Gasteiger charge is 2.29. The first kappa shape index (κ1) is 17.3. The number of nitrogens with two attached hydrogens (primary N) is 1. The summed E-state index contributed by atoms with van der Waals surface area (Å²) in [5.41, 5.74) is 9.04. The number of benzene rings is 1. The molecule has 124 valence electrons. The lowest BCUT2D eigenvalue weighted by atomic mass is 9.72. The molecule has 0 aliphatic heterocycles. The van der Waals surface area contributed by atoms with Crippen LogP contribution in [0.2, 0.25) is 0 Å². The molecule has 1 fully saturated rings. The van der Waals surface area contributed by atoms with Crippen LogP contribution in [-0.4, -0.2) is 13.7 Å². The van der Waals surface area contributed by atoms with Crippen LogP contribution < -0.4 is 10.5 Å². The Morgan fingerprint density at radius 3 is 2.55 bits per heavy atom. The van der Waals surface area contributed by atoms with Gasteiger partial charge in [0.15, 0.2) is 0 Å². The van der Waals surface area contributed by atoms with Crippen molar-refractivity contribution in [3.8, 4) is 5.75 Å². The molecular weight excluding hydrogens is 270 g/mol. The molecule has 1 aliphatic carbocycles. The maximum absolute atomic E-state index is 6.21. The van der Waals surface area contributed by atoms with Crippen LogP contribution in [0, 0.1) is 11.8 Å². The SMILES string of the molecule is COc1ccc(C(C)(C)C)cc1C(CN)C1CCCC(C)C1. The second-order valence-corrected chi connectivity index (χ2v) is 8.08. The first-order valence-corrected chi connectivity index (χ1v) is 8.75. The molecule has 2 nitrogen and oxygen atoms in total. The van der Waals surface area contributed by atoms with Gasteiger partial charge in [-0.1, -0.05) is 52.7 Å². The predicted octanol–water partition coefficient (Wildman–Crippen LogP) is 4.86. The van der Waals surface area contributed by atoms with Gasteiger partial charge in [-0.05, 0) is 53.8 Å². The third-order valence-corrected chi connectivity index (χ3v) is 5.30. The Balaban J connectivity index is 2.37. The van der Waals surface area contributed by atoms with Crippen LogP contribution in [0.1, 0.15) is 70.4 Å². The minimum atomic E-state index is 0.153. The summed E-state index contributed by atoms with van der Waals surface area (Å²) in [6.45, 7) is 9.88. The van der Waals surface area contributed by atoms with Crippen LogP contribution in [-0.2, 0) is 5.41 Å². The maximum atomic E-state index is 6.21. The van der Waals surface area contributed by atoms with Gasteiger partial charge in [-0.15, -0.1) is 0 Å². The van der Waals surface area contributed by atoms with Crippen molar-refractivity contribution in [1.29, 1.82) is 0 Å². The zero-order valence-corrected chi connectivity index (χ0v) is 15.0. The summed E-state index contributed by atoms with van der Waals surface area (Å²) in [4.78, 5) is 0. The van der Waals surface area contributed by atoms with Gasteiger partial charge in [0.05, 0.1) is 7.11 Å². The zero-order chi connectivity index (χ0) is 16.3. The van der Waals surface area contributed by atoms with Gasteiger partial charge in [-0.25, -0.2) is 0 Å². The summed E-state index contributed by atoms with van der Waals surface area (Å²) < 4.78 is 5.66. The lowest BCUT2D eigenvalue weighted by Crippen LogP contribution is -2.27. The third kappa shape index (κ3) is 3.84. The van der Waals surface area contributed by atoms with Crippen molar-refractivity contribution in [3.05, 3.63) is 29.3 Å². The summed E-state index contributed by atoms with van der Waals surface area (Å²) in [6.07, 6.45) is 5.30. The van der Waals surface area contributed by atoms with E-state index in [0.29, 0.717) is 18.4 Å². The average molecular weight is 303 g/mol. The van der Waals surface area contributed by atoms with Gasteiger partial charge in [0.25, 0.3) is 0 Å². The lowest BCUT2D eigenvalue weighted by Gasteiger charge is -2.34. The number of rotatable bonds is 4. The van der Waals surface area contributed by atoms with Crippen LogP contribution in [0.15, 0.2) is 18.2 Å². The highest BCUT2D eigenvalue weighted by molar-refractivity contribution is 5.42. The molecule has 2 rings (SSSR count). The molecule has 3 unspecified atom stereocenters. The molecule has 22 heavy (non-hydrogen) atoms. The molecule has 2 N–H and O–H groups in total.